The second-order valence-electron chi connectivity index (χ2n) is 5.60. The lowest BCUT2D eigenvalue weighted by atomic mass is 10.1. The van der Waals surface area contributed by atoms with Crippen LogP contribution in [0.5, 0.6) is 0 Å². The number of hydrogen-bond acceptors (Lipinski definition) is 7. The van der Waals surface area contributed by atoms with Crippen molar-refractivity contribution in [1.29, 1.82) is 0 Å². The van der Waals surface area contributed by atoms with Crippen molar-refractivity contribution in [2.75, 3.05) is 5.32 Å². The quantitative estimate of drug-likeness (QED) is 0.316. The van der Waals surface area contributed by atoms with Crippen molar-refractivity contribution in [2.45, 2.75) is 12.1 Å². The Bertz CT molecular complexity index is 1040. The topological polar surface area (TPSA) is 173 Å². The highest BCUT2D eigenvalue weighted by Gasteiger charge is 2.44. The Hall–Kier alpha value is -1.68. The molecule has 0 aliphatic heterocycles. The molecule has 0 aliphatic rings. The minimum Gasteiger partial charge on any atom is -0.392 e. The Kier molecular flexibility index (Phi) is 5.49. The second-order valence-corrected chi connectivity index (χ2v) is 10.4. The van der Waals surface area contributed by atoms with Crippen LogP contribution >= 0.6 is 26.5 Å². The molecule has 6 N–H and O–H groups in total. The van der Waals surface area contributed by atoms with Gasteiger partial charge in [-0.05, 0) is 17.2 Å². The average Bonchev–Trinajstić information content (AvgIpc) is 3.02. The minimum absolute atomic E-state index is 0.0849. The van der Waals surface area contributed by atoms with E-state index in [0.29, 0.717) is 10.2 Å². The molecule has 0 aliphatic carbocycles. The summed E-state index contributed by atoms with van der Waals surface area (Å²) in [5.74, 6) is -0.0915. The molecule has 0 amide bonds. The van der Waals surface area contributed by atoms with Gasteiger partial charge >= 0.3 is 15.2 Å². The van der Waals surface area contributed by atoms with Gasteiger partial charge in [-0.15, -0.1) is 11.3 Å². The van der Waals surface area contributed by atoms with Gasteiger partial charge in [0.15, 0.2) is 0 Å². The number of fused-ring (bicyclic) bond motifs is 1. The van der Waals surface area contributed by atoms with Crippen molar-refractivity contribution in [3.05, 3.63) is 42.2 Å². The first-order valence-corrected chi connectivity index (χ1v) is 11.6. The molecule has 13 heteroatoms. The van der Waals surface area contributed by atoms with Gasteiger partial charge in [0.05, 0.1) is 12.0 Å². The van der Waals surface area contributed by atoms with Gasteiger partial charge in [0.1, 0.15) is 17.0 Å². The third-order valence-corrected chi connectivity index (χ3v) is 8.08. The lowest BCUT2D eigenvalue weighted by Crippen LogP contribution is -2.20. The van der Waals surface area contributed by atoms with Crippen LogP contribution in [0.25, 0.3) is 20.7 Å². The fraction of sp³-hybridized carbons (Fsp3) is 0.143. The molecule has 0 unspecified atom stereocenters. The molecule has 27 heavy (non-hydrogen) atoms. The number of nitrogens with zero attached hydrogens (tertiary/aromatic N) is 2. The molecule has 3 aromatic rings. The Morgan fingerprint density at radius 2 is 1.67 bits per heavy atom. The fourth-order valence-electron chi connectivity index (χ4n) is 2.37. The Morgan fingerprint density at radius 3 is 2.22 bits per heavy atom. The van der Waals surface area contributed by atoms with Crippen LogP contribution in [0.15, 0.2) is 36.7 Å². The molecule has 0 saturated carbocycles. The number of aliphatic hydroxyl groups excluding tert-OH is 1. The van der Waals surface area contributed by atoms with Crippen molar-refractivity contribution in [3.8, 4) is 10.4 Å². The van der Waals surface area contributed by atoms with Crippen molar-refractivity contribution < 1.29 is 33.8 Å². The Balaban J connectivity index is 2.03. The third kappa shape index (κ3) is 4.43. The summed E-state index contributed by atoms with van der Waals surface area (Å²) in [5.41, 5.74) is -0.842. The zero-order valence-electron chi connectivity index (χ0n) is 13.5. The summed E-state index contributed by atoms with van der Waals surface area (Å²) in [4.78, 5) is 46.3. The molecule has 2 aromatic heterocycles. The van der Waals surface area contributed by atoms with Crippen LogP contribution in [-0.4, -0.2) is 40.2 Å². The number of aliphatic hydroxyl groups is 1. The van der Waals surface area contributed by atoms with E-state index in [1.54, 1.807) is 30.3 Å². The molecule has 0 spiro atoms. The maximum absolute atomic E-state index is 11.5. The van der Waals surface area contributed by atoms with Gasteiger partial charge in [-0.2, -0.15) is 0 Å². The second kappa shape index (κ2) is 7.38. The molecule has 0 bridgehead atoms. The largest absolute Gasteiger partial charge is 0.392 e. The number of benzene rings is 1. The highest BCUT2D eigenvalue weighted by atomic mass is 32.1. The zero-order valence-corrected chi connectivity index (χ0v) is 16.1. The van der Waals surface area contributed by atoms with E-state index >= 15 is 0 Å². The Morgan fingerprint density at radius 1 is 1.04 bits per heavy atom. The summed E-state index contributed by atoms with van der Waals surface area (Å²) in [6.45, 7) is -0.0849. The highest BCUT2D eigenvalue weighted by molar-refractivity contribution is 7.71. The van der Waals surface area contributed by atoms with Gasteiger partial charge < -0.3 is 30.0 Å². The molecule has 0 atom stereocenters. The first kappa shape index (κ1) is 20.1. The number of aromatic nitrogens is 2. The first-order chi connectivity index (χ1) is 12.6. The molecular weight excluding hydrogens is 416 g/mol. The van der Waals surface area contributed by atoms with Gasteiger partial charge in [0, 0.05) is 4.88 Å². The van der Waals surface area contributed by atoms with Crippen molar-refractivity contribution in [3.63, 3.8) is 0 Å². The van der Waals surface area contributed by atoms with Crippen molar-refractivity contribution >= 4 is 42.6 Å². The summed E-state index contributed by atoms with van der Waals surface area (Å²) >= 11 is 1.28. The van der Waals surface area contributed by atoms with Crippen molar-refractivity contribution in [2.24, 2.45) is 0 Å². The van der Waals surface area contributed by atoms with E-state index in [-0.39, 0.29) is 12.4 Å². The maximum atomic E-state index is 11.5. The summed E-state index contributed by atoms with van der Waals surface area (Å²) in [5, 5.41) is 11.7. The van der Waals surface area contributed by atoms with Crippen LogP contribution in [-0.2, 0) is 15.7 Å². The normalized spacial score (nSPS) is 12.7. The van der Waals surface area contributed by atoms with Crippen molar-refractivity contribution in [1.82, 2.24) is 9.97 Å². The van der Waals surface area contributed by atoms with Crippen LogP contribution in [0.4, 0.5) is 5.82 Å². The van der Waals surface area contributed by atoms with Gasteiger partial charge in [-0.3, -0.25) is 9.13 Å². The minimum atomic E-state index is -5.16. The highest BCUT2D eigenvalue weighted by Crippen LogP contribution is 2.59. The molecule has 0 fully saturated rings. The van der Waals surface area contributed by atoms with E-state index in [9.17, 15) is 28.7 Å². The van der Waals surface area contributed by atoms with Crippen LogP contribution in [0.3, 0.4) is 0 Å². The number of thiophene rings is 1. The predicted octanol–water partition coefficient (Wildman–Crippen LogP) is 1.90. The fourth-order valence-corrected chi connectivity index (χ4v) is 5.53. The van der Waals surface area contributed by atoms with E-state index in [4.69, 9.17) is 5.11 Å². The summed E-state index contributed by atoms with van der Waals surface area (Å²) in [7, 11) is -10.3. The van der Waals surface area contributed by atoms with Crippen LogP contribution in [0.1, 0.15) is 5.56 Å². The molecule has 3 rings (SSSR count). The number of rotatable bonds is 6. The van der Waals surface area contributed by atoms with E-state index in [1.165, 1.54) is 11.3 Å². The van der Waals surface area contributed by atoms with Crippen LogP contribution < -0.4 is 5.32 Å². The number of nitrogens with one attached hydrogen (secondary N) is 1. The molecule has 0 radical (unpaired) electrons. The van der Waals surface area contributed by atoms with Gasteiger partial charge in [-0.25, -0.2) is 9.97 Å². The Labute approximate surface area is 156 Å². The first-order valence-electron chi connectivity index (χ1n) is 7.41. The van der Waals surface area contributed by atoms with Crippen LogP contribution in [0.2, 0.25) is 0 Å². The van der Waals surface area contributed by atoms with E-state index in [1.807, 2.05) is 0 Å². The monoisotopic (exact) mass is 431 g/mol. The number of anilines is 1. The summed E-state index contributed by atoms with van der Waals surface area (Å²) in [6.07, 6.45) is 1.14. The SMILES string of the molecule is O=P(O)(O)C(Nc1ncnc2sc(-c3ccc(CO)cc3)cc12)P(=O)(O)O. The standard InChI is InChI=1S/C14H15N3O7P2S/c18-6-8-1-3-9(4-2-8)11-5-10-12(15-7-16-13(10)27-11)17-14(25(19,20)21)26(22,23)24/h1-5,7,14,18H,6H2,(H,15,16,17)(H2,19,20,21)(H2,22,23,24). The molecular formula is C14H15N3O7P2S. The zero-order chi connectivity index (χ0) is 19.8. The number of hydrogen-bond donors (Lipinski definition) is 6. The third-order valence-electron chi connectivity index (χ3n) is 3.65. The van der Waals surface area contributed by atoms with E-state index in [0.717, 1.165) is 22.3 Å². The van der Waals surface area contributed by atoms with Gasteiger partial charge in [-0.1, -0.05) is 24.3 Å². The molecule has 10 nitrogen and oxygen atoms in total. The van der Waals surface area contributed by atoms with Gasteiger partial charge in [0.25, 0.3) is 0 Å². The smallest absolute Gasteiger partial charge is 0.360 e. The van der Waals surface area contributed by atoms with E-state index < -0.39 is 20.7 Å². The lowest BCUT2D eigenvalue weighted by molar-refractivity contribution is 0.282. The van der Waals surface area contributed by atoms with Gasteiger partial charge in [0.2, 0.25) is 5.52 Å². The maximum Gasteiger partial charge on any atom is 0.360 e. The predicted molar refractivity (Wildman–Crippen MR) is 100 cm³/mol. The molecule has 144 valence electrons. The lowest BCUT2D eigenvalue weighted by Gasteiger charge is -2.21. The van der Waals surface area contributed by atoms with E-state index in [2.05, 4.69) is 15.3 Å². The molecule has 1 aromatic carbocycles. The molecule has 0 saturated heterocycles. The summed E-state index contributed by atoms with van der Waals surface area (Å²) in [6, 6.07) is 8.76. The summed E-state index contributed by atoms with van der Waals surface area (Å²) < 4.78 is 23.0. The molecule has 2 heterocycles. The van der Waals surface area contributed by atoms with Crippen LogP contribution in [0, 0.1) is 0 Å². The average molecular weight is 431 g/mol.